The van der Waals surface area contributed by atoms with Crippen LogP contribution in [0.5, 0.6) is 11.5 Å². The second-order valence-electron chi connectivity index (χ2n) is 4.69. The van der Waals surface area contributed by atoms with Crippen LogP contribution in [-0.2, 0) is 16.5 Å². The third-order valence-electron chi connectivity index (χ3n) is 3.15. The van der Waals surface area contributed by atoms with Gasteiger partial charge in [-0.15, -0.1) is 0 Å². The average Bonchev–Trinajstić information content (AvgIpc) is 2.47. The van der Waals surface area contributed by atoms with E-state index in [2.05, 4.69) is 0 Å². The molecule has 0 aliphatic rings. The van der Waals surface area contributed by atoms with Crippen LogP contribution in [0.15, 0.2) is 47.4 Å². The summed E-state index contributed by atoms with van der Waals surface area (Å²) in [7, 11) is -2.38. The summed E-state index contributed by atoms with van der Waals surface area (Å²) in [6, 6.07) is 11.7. The maximum atomic E-state index is 12.3. The first-order chi connectivity index (χ1) is 9.96. The van der Waals surface area contributed by atoms with Crippen LogP contribution in [-0.4, -0.2) is 15.5 Å². The predicted molar refractivity (Wildman–Crippen MR) is 81.4 cm³/mol. The van der Waals surface area contributed by atoms with E-state index in [-0.39, 0.29) is 10.6 Å². The predicted octanol–water partition coefficient (Wildman–Crippen LogP) is 3.33. The molecule has 0 saturated heterocycles. The molecule has 0 bridgehead atoms. The van der Waals surface area contributed by atoms with Crippen molar-refractivity contribution in [2.75, 3.05) is 7.11 Å². The number of ether oxygens (including phenoxy) is 1. The Morgan fingerprint density at radius 3 is 2.24 bits per heavy atom. The van der Waals surface area contributed by atoms with Crippen molar-refractivity contribution >= 4 is 10.1 Å². The molecular weight excluding hydrogens is 288 g/mol. The fraction of sp³-hybridized carbons (Fsp3) is 0.250. The van der Waals surface area contributed by atoms with E-state index in [9.17, 15) is 8.42 Å². The highest BCUT2D eigenvalue weighted by molar-refractivity contribution is 7.87. The summed E-state index contributed by atoms with van der Waals surface area (Å²) in [6.07, 6.45) is 0.835. The van der Waals surface area contributed by atoms with Crippen LogP contribution in [0, 0.1) is 6.92 Å². The van der Waals surface area contributed by atoms with Gasteiger partial charge in [0.25, 0.3) is 0 Å². The van der Waals surface area contributed by atoms with Gasteiger partial charge in [-0.2, -0.15) is 8.42 Å². The molecule has 0 atom stereocenters. The molecule has 0 aliphatic heterocycles. The van der Waals surface area contributed by atoms with E-state index in [0.29, 0.717) is 5.75 Å². The van der Waals surface area contributed by atoms with Gasteiger partial charge in [-0.3, -0.25) is 0 Å². The highest BCUT2D eigenvalue weighted by Gasteiger charge is 2.19. The molecule has 0 amide bonds. The second-order valence-corrected chi connectivity index (χ2v) is 6.24. The average molecular weight is 306 g/mol. The maximum Gasteiger partial charge on any atom is 0.339 e. The van der Waals surface area contributed by atoms with Gasteiger partial charge in [0.2, 0.25) is 0 Å². The number of benzene rings is 2. The van der Waals surface area contributed by atoms with Crippen LogP contribution < -0.4 is 8.92 Å². The molecule has 0 heterocycles. The molecule has 0 aliphatic carbocycles. The lowest BCUT2D eigenvalue weighted by Gasteiger charge is -2.12. The summed E-state index contributed by atoms with van der Waals surface area (Å²) in [5.74, 6) is 0.598. The van der Waals surface area contributed by atoms with Crippen molar-refractivity contribution in [2.45, 2.75) is 25.2 Å². The Morgan fingerprint density at radius 2 is 1.67 bits per heavy atom. The Balaban J connectivity index is 2.34. The Bertz CT molecular complexity index is 718. The molecule has 0 radical (unpaired) electrons. The Hall–Kier alpha value is -2.01. The lowest BCUT2D eigenvalue weighted by Crippen LogP contribution is -2.10. The highest BCUT2D eigenvalue weighted by atomic mass is 32.2. The first-order valence-electron chi connectivity index (χ1n) is 6.64. The van der Waals surface area contributed by atoms with E-state index in [1.54, 1.807) is 24.3 Å². The van der Waals surface area contributed by atoms with E-state index in [1.807, 2.05) is 19.9 Å². The summed E-state index contributed by atoms with van der Waals surface area (Å²) in [5.41, 5.74) is 2.03. The summed E-state index contributed by atoms with van der Waals surface area (Å²) < 4.78 is 34.9. The lowest BCUT2D eigenvalue weighted by molar-refractivity contribution is 0.390. The minimum atomic E-state index is -3.86. The zero-order valence-electron chi connectivity index (χ0n) is 12.3. The first-order valence-corrected chi connectivity index (χ1v) is 8.05. The van der Waals surface area contributed by atoms with Gasteiger partial charge in [0.05, 0.1) is 7.11 Å². The van der Waals surface area contributed by atoms with Crippen molar-refractivity contribution in [3.63, 3.8) is 0 Å². The number of hydrogen-bond donors (Lipinski definition) is 0. The Labute approximate surface area is 125 Å². The van der Waals surface area contributed by atoms with Gasteiger partial charge in [-0.1, -0.05) is 30.7 Å². The minimum Gasteiger partial charge on any atom is -0.493 e. The van der Waals surface area contributed by atoms with Crippen molar-refractivity contribution in [1.82, 2.24) is 0 Å². The number of methoxy groups -OCH3 is 1. The largest absolute Gasteiger partial charge is 0.493 e. The van der Waals surface area contributed by atoms with Crippen molar-refractivity contribution in [1.29, 1.82) is 0 Å². The van der Waals surface area contributed by atoms with Crippen molar-refractivity contribution < 1.29 is 17.3 Å². The zero-order chi connectivity index (χ0) is 15.5. The monoisotopic (exact) mass is 306 g/mol. The molecule has 2 aromatic rings. The Kier molecular flexibility index (Phi) is 4.53. The van der Waals surface area contributed by atoms with E-state index >= 15 is 0 Å². The van der Waals surface area contributed by atoms with Crippen LogP contribution in [0.1, 0.15) is 18.1 Å². The number of rotatable bonds is 5. The molecule has 5 heteroatoms. The summed E-state index contributed by atoms with van der Waals surface area (Å²) in [6.45, 7) is 3.90. The number of hydrogen-bond acceptors (Lipinski definition) is 4. The van der Waals surface area contributed by atoms with Crippen LogP contribution in [0.25, 0.3) is 0 Å². The molecule has 112 valence electrons. The van der Waals surface area contributed by atoms with Gasteiger partial charge in [-0.05, 0) is 43.2 Å². The van der Waals surface area contributed by atoms with Crippen molar-refractivity contribution in [2.24, 2.45) is 0 Å². The van der Waals surface area contributed by atoms with E-state index < -0.39 is 10.1 Å². The summed E-state index contributed by atoms with van der Waals surface area (Å²) in [4.78, 5) is 0.120. The highest BCUT2D eigenvalue weighted by Crippen LogP contribution is 2.30. The molecular formula is C16H18O4S. The van der Waals surface area contributed by atoms with E-state index in [4.69, 9.17) is 8.92 Å². The summed E-state index contributed by atoms with van der Waals surface area (Å²) >= 11 is 0. The first kappa shape index (κ1) is 15.4. The van der Waals surface area contributed by atoms with Crippen LogP contribution in [0.2, 0.25) is 0 Å². The molecule has 2 rings (SSSR count). The SMILES string of the molecule is CCc1ccc(OS(=O)(=O)c2ccc(C)cc2)c(OC)c1. The van der Waals surface area contributed by atoms with Gasteiger partial charge < -0.3 is 8.92 Å². The molecule has 4 nitrogen and oxygen atoms in total. The van der Waals surface area contributed by atoms with Gasteiger partial charge in [0.15, 0.2) is 11.5 Å². The smallest absolute Gasteiger partial charge is 0.339 e. The Morgan fingerprint density at radius 1 is 1.00 bits per heavy atom. The van der Waals surface area contributed by atoms with Crippen molar-refractivity contribution in [3.05, 3.63) is 53.6 Å². The van der Waals surface area contributed by atoms with Crippen LogP contribution >= 0.6 is 0 Å². The van der Waals surface area contributed by atoms with E-state index in [1.165, 1.54) is 19.2 Å². The van der Waals surface area contributed by atoms with Crippen LogP contribution in [0.3, 0.4) is 0 Å². The third-order valence-corrected chi connectivity index (χ3v) is 4.39. The minimum absolute atomic E-state index is 0.120. The standard InChI is InChI=1S/C16H18O4S/c1-4-13-7-10-15(16(11-13)19-3)20-21(17,18)14-8-5-12(2)6-9-14/h5-11H,4H2,1-3H3. The molecule has 2 aromatic carbocycles. The normalized spacial score (nSPS) is 11.2. The number of aryl methyl sites for hydroxylation is 2. The van der Waals surface area contributed by atoms with Crippen molar-refractivity contribution in [3.8, 4) is 11.5 Å². The lowest BCUT2D eigenvalue weighted by atomic mass is 10.1. The molecule has 0 spiro atoms. The fourth-order valence-electron chi connectivity index (χ4n) is 1.87. The molecule has 0 saturated carbocycles. The quantitative estimate of drug-likeness (QED) is 0.795. The third kappa shape index (κ3) is 3.55. The molecule has 0 fully saturated rings. The molecule has 0 N–H and O–H groups in total. The molecule has 0 aromatic heterocycles. The van der Waals surface area contributed by atoms with Gasteiger partial charge >= 0.3 is 10.1 Å². The van der Waals surface area contributed by atoms with Gasteiger partial charge in [0, 0.05) is 0 Å². The van der Waals surface area contributed by atoms with E-state index in [0.717, 1.165) is 17.5 Å². The maximum absolute atomic E-state index is 12.3. The van der Waals surface area contributed by atoms with Gasteiger partial charge in [0.1, 0.15) is 4.90 Å². The topological polar surface area (TPSA) is 52.6 Å². The summed E-state index contributed by atoms with van der Waals surface area (Å²) in [5, 5.41) is 0. The van der Waals surface area contributed by atoms with Gasteiger partial charge in [-0.25, -0.2) is 0 Å². The fourth-order valence-corrected chi connectivity index (χ4v) is 2.81. The zero-order valence-corrected chi connectivity index (χ0v) is 13.1. The molecule has 21 heavy (non-hydrogen) atoms. The van der Waals surface area contributed by atoms with Crippen LogP contribution in [0.4, 0.5) is 0 Å². The molecule has 0 unspecified atom stereocenters. The second kappa shape index (κ2) is 6.18.